The van der Waals surface area contributed by atoms with Crippen molar-refractivity contribution in [3.63, 3.8) is 0 Å². The lowest BCUT2D eigenvalue weighted by molar-refractivity contribution is 0.354. The van der Waals surface area contributed by atoms with Gasteiger partial charge in [0.25, 0.3) is 0 Å². The van der Waals surface area contributed by atoms with Gasteiger partial charge in [0.15, 0.2) is 0 Å². The molecule has 0 aliphatic carbocycles. The highest BCUT2D eigenvalue weighted by molar-refractivity contribution is 6.18. The smallest absolute Gasteiger partial charge is 0.123 e. The molecule has 0 aliphatic rings. The molecular weight excluding hydrogens is 211 g/mol. The first-order valence-corrected chi connectivity index (χ1v) is 5.85. The fraction of sp³-hybridized carbons (Fsp3) is 0.538. The summed E-state index contributed by atoms with van der Waals surface area (Å²) in [5.41, 5.74) is 2.28. The Bertz CT molecular complexity index is 329. The third-order valence-electron chi connectivity index (χ3n) is 3.10. The summed E-state index contributed by atoms with van der Waals surface area (Å²) in [7, 11) is 0. The fourth-order valence-corrected chi connectivity index (χ4v) is 1.84. The third-order valence-corrected chi connectivity index (χ3v) is 3.75. The molecule has 1 aromatic carbocycles. The number of rotatable bonds is 4. The number of hydrogen-bond acceptors (Lipinski definition) is 0. The van der Waals surface area contributed by atoms with E-state index < -0.39 is 0 Å². The summed E-state index contributed by atoms with van der Waals surface area (Å²) in [6.45, 7) is 6.28. The first kappa shape index (κ1) is 12.5. The molecule has 2 heteroatoms. The molecule has 1 unspecified atom stereocenters. The van der Waals surface area contributed by atoms with E-state index in [-0.39, 0.29) is 11.2 Å². The van der Waals surface area contributed by atoms with Gasteiger partial charge in [0.2, 0.25) is 0 Å². The van der Waals surface area contributed by atoms with Crippen molar-refractivity contribution in [2.24, 2.45) is 5.41 Å². The highest BCUT2D eigenvalue weighted by Crippen LogP contribution is 2.29. The van der Waals surface area contributed by atoms with Gasteiger partial charge in [-0.3, -0.25) is 0 Å². The molecule has 0 aliphatic heterocycles. The first-order chi connectivity index (χ1) is 7.00. The molecule has 0 nitrogen and oxygen atoms in total. The lowest BCUT2D eigenvalue weighted by atomic mass is 9.82. The summed E-state index contributed by atoms with van der Waals surface area (Å²) in [4.78, 5) is 0. The second kappa shape index (κ2) is 4.98. The molecule has 0 bridgehead atoms. The number of hydrogen-bond donors (Lipinski definition) is 0. The first-order valence-electron chi connectivity index (χ1n) is 5.32. The molecule has 0 fully saturated rings. The van der Waals surface area contributed by atoms with Crippen molar-refractivity contribution in [3.05, 3.63) is 35.1 Å². The van der Waals surface area contributed by atoms with Crippen molar-refractivity contribution in [1.82, 2.24) is 0 Å². The number of alkyl halides is 1. The van der Waals surface area contributed by atoms with Gasteiger partial charge in [0.05, 0.1) is 0 Å². The maximum atomic E-state index is 13.1. The van der Waals surface area contributed by atoms with Crippen LogP contribution < -0.4 is 0 Å². The molecule has 0 aromatic heterocycles. The molecule has 15 heavy (non-hydrogen) atoms. The van der Waals surface area contributed by atoms with Crippen LogP contribution in [0.4, 0.5) is 4.39 Å². The normalized spacial score (nSPS) is 15.0. The van der Waals surface area contributed by atoms with Gasteiger partial charge in [-0.25, -0.2) is 4.39 Å². The SMILES string of the molecule is CCC(C)(CCl)Cc1cc(F)ccc1C. The predicted molar refractivity (Wildman–Crippen MR) is 64.0 cm³/mol. The van der Waals surface area contributed by atoms with Gasteiger partial charge in [-0.1, -0.05) is 19.9 Å². The molecule has 0 amide bonds. The molecule has 1 atom stereocenters. The van der Waals surface area contributed by atoms with E-state index in [4.69, 9.17) is 11.6 Å². The minimum atomic E-state index is -0.163. The van der Waals surface area contributed by atoms with Gasteiger partial charge in [0.1, 0.15) is 5.82 Å². The van der Waals surface area contributed by atoms with E-state index in [1.165, 1.54) is 6.07 Å². The maximum absolute atomic E-state index is 13.1. The Morgan fingerprint density at radius 3 is 2.60 bits per heavy atom. The second-order valence-electron chi connectivity index (χ2n) is 4.55. The van der Waals surface area contributed by atoms with Crippen LogP contribution in [-0.4, -0.2) is 5.88 Å². The Hall–Kier alpha value is -0.560. The van der Waals surface area contributed by atoms with Crippen LogP contribution in [0.3, 0.4) is 0 Å². The highest BCUT2D eigenvalue weighted by Gasteiger charge is 2.22. The molecule has 0 N–H and O–H groups in total. The summed E-state index contributed by atoms with van der Waals surface area (Å²) in [5.74, 6) is 0.447. The van der Waals surface area contributed by atoms with E-state index in [2.05, 4.69) is 13.8 Å². The molecular formula is C13H18ClF. The van der Waals surface area contributed by atoms with Gasteiger partial charge in [-0.15, -0.1) is 11.6 Å². The molecule has 1 aromatic rings. The predicted octanol–water partition coefficient (Wildman–Crippen LogP) is 4.33. The van der Waals surface area contributed by atoms with Crippen molar-refractivity contribution in [3.8, 4) is 0 Å². The third kappa shape index (κ3) is 3.20. The van der Waals surface area contributed by atoms with Gasteiger partial charge in [-0.05, 0) is 48.4 Å². The summed E-state index contributed by atoms with van der Waals surface area (Å²) in [6.07, 6.45) is 1.85. The van der Waals surface area contributed by atoms with Crippen molar-refractivity contribution in [1.29, 1.82) is 0 Å². The lowest BCUT2D eigenvalue weighted by Gasteiger charge is -2.26. The van der Waals surface area contributed by atoms with Crippen LogP contribution in [0, 0.1) is 18.2 Å². The number of aryl methyl sites for hydroxylation is 1. The van der Waals surface area contributed by atoms with E-state index in [0.29, 0.717) is 5.88 Å². The Balaban J connectivity index is 2.92. The molecule has 0 heterocycles. The minimum Gasteiger partial charge on any atom is -0.207 e. The summed E-state index contributed by atoms with van der Waals surface area (Å²) < 4.78 is 13.1. The van der Waals surface area contributed by atoms with E-state index >= 15 is 0 Å². The molecule has 0 radical (unpaired) electrons. The van der Waals surface area contributed by atoms with Crippen LogP contribution in [-0.2, 0) is 6.42 Å². The maximum Gasteiger partial charge on any atom is 0.123 e. The standard InChI is InChI=1S/C13H18ClF/c1-4-13(3,9-14)8-11-7-12(15)6-5-10(11)2/h5-7H,4,8-9H2,1-3H3. The van der Waals surface area contributed by atoms with Gasteiger partial charge in [0, 0.05) is 5.88 Å². The van der Waals surface area contributed by atoms with E-state index in [1.807, 2.05) is 13.0 Å². The summed E-state index contributed by atoms with van der Waals surface area (Å²) in [6, 6.07) is 4.95. The Kier molecular flexibility index (Phi) is 4.15. The lowest BCUT2D eigenvalue weighted by Crippen LogP contribution is -2.21. The summed E-state index contributed by atoms with van der Waals surface area (Å²) >= 11 is 5.96. The van der Waals surface area contributed by atoms with E-state index in [1.54, 1.807) is 6.07 Å². The fourth-order valence-electron chi connectivity index (χ4n) is 1.56. The molecule has 0 saturated heterocycles. The molecule has 84 valence electrons. The Morgan fingerprint density at radius 1 is 1.40 bits per heavy atom. The zero-order chi connectivity index (χ0) is 11.5. The van der Waals surface area contributed by atoms with Crippen molar-refractivity contribution < 1.29 is 4.39 Å². The van der Waals surface area contributed by atoms with Crippen LogP contribution in [0.1, 0.15) is 31.4 Å². The largest absolute Gasteiger partial charge is 0.207 e. The molecule has 1 rings (SSSR count). The minimum absolute atomic E-state index is 0.0696. The molecule has 0 spiro atoms. The van der Waals surface area contributed by atoms with Crippen molar-refractivity contribution >= 4 is 11.6 Å². The molecule has 0 saturated carbocycles. The second-order valence-corrected chi connectivity index (χ2v) is 4.81. The average Bonchev–Trinajstić information content (AvgIpc) is 2.23. The summed E-state index contributed by atoms with van der Waals surface area (Å²) in [5, 5.41) is 0. The zero-order valence-corrected chi connectivity index (χ0v) is 10.4. The van der Waals surface area contributed by atoms with Crippen LogP contribution in [0.25, 0.3) is 0 Å². The topological polar surface area (TPSA) is 0 Å². The van der Waals surface area contributed by atoms with Gasteiger partial charge >= 0.3 is 0 Å². The van der Waals surface area contributed by atoms with E-state index in [9.17, 15) is 4.39 Å². The average molecular weight is 229 g/mol. The number of benzene rings is 1. The van der Waals surface area contributed by atoms with Crippen LogP contribution >= 0.6 is 11.6 Å². The van der Waals surface area contributed by atoms with Crippen LogP contribution in [0.15, 0.2) is 18.2 Å². The van der Waals surface area contributed by atoms with Crippen molar-refractivity contribution in [2.45, 2.75) is 33.6 Å². The van der Waals surface area contributed by atoms with Crippen LogP contribution in [0.5, 0.6) is 0 Å². The Labute approximate surface area is 96.5 Å². The van der Waals surface area contributed by atoms with Crippen LogP contribution in [0.2, 0.25) is 0 Å². The monoisotopic (exact) mass is 228 g/mol. The van der Waals surface area contributed by atoms with E-state index in [0.717, 1.165) is 24.0 Å². The number of halogens is 2. The van der Waals surface area contributed by atoms with Crippen molar-refractivity contribution in [2.75, 3.05) is 5.88 Å². The Morgan fingerprint density at radius 2 is 2.07 bits per heavy atom. The zero-order valence-electron chi connectivity index (χ0n) is 9.61. The quantitative estimate of drug-likeness (QED) is 0.673. The highest BCUT2D eigenvalue weighted by atomic mass is 35.5. The van der Waals surface area contributed by atoms with Gasteiger partial charge in [-0.2, -0.15) is 0 Å². The van der Waals surface area contributed by atoms with Gasteiger partial charge < -0.3 is 0 Å².